The summed E-state index contributed by atoms with van der Waals surface area (Å²) in [4.78, 5) is 10.3. The summed E-state index contributed by atoms with van der Waals surface area (Å²) < 4.78 is 0. The number of carboxylic acids is 1. The van der Waals surface area contributed by atoms with Crippen molar-refractivity contribution in [3.8, 4) is 0 Å². The number of alkyl halides is 2. The first kappa shape index (κ1) is 12.4. The van der Waals surface area contributed by atoms with E-state index in [1.54, 1.807) is 0 Å². The summed E-state index contributed by atoms with van der Waals surface area (Å²) in [6.07, 6.45) is 0.596. The van der Waals surface area contributed by atoms with E-state index < -0.39 is 10.8 Å². The van der Waals surface area contributed by atoms with Gasteiger partial charge < -0.3 is 5.11 Å². The standard InChI is InChI=1S/C8H14Br2O2/c1-8(2,3)6(10)4-5(9)7(11)12/h5-6H,4H2,1-3H3,(H,11,12). The van der Waals surface area contributed by atoms with Gasteiger partial charge in [-0.25, -0.2) is 0 Å². The van der Waals surface area contributed by atoms with Crippen LogP contribution in [-0.2, 0) is 4.79 Å². The molecule has 0 aliphatic heterocycles. The van der Waals surface area contributed by atoms with E-state index in [-0.39, 0.29) is 10.2 Å². The minimum atomic E-state index is -0.802. The van der Waals surface area contributed by atoms with Crippen LogP contribution in [0.25, 0.3) is 0 Å². The first-order valence-corrected chi connectivity index (χ1v) is 5.59. The second-order valence-electron chi connectivity index (χ2n) is 3.88. The average Bonchev–Trinajstić information content (AvgIpc) is 1.85. The number of carboxylic acid groups (broad SMARTS) is 1. The van der Waals surface area contributed by atoms with Crippen LogP contribution < -0.4 is 0 Å². The molecule has 4 heteroatoms. The van der Waals surface area contributed by atoms with Crippen molar-refractivity contribution in [2.45, 2.75) is 36.8 Å². The van der Waals surface area contributed by atoms with Crippen molar-refractivity contribution in [1.29, 1.82) is 0 Å². The zero-order valence-corrected chi connectivity index (χ0v) is 10.6. The topological polar surface area (TPSA) is 37.3 Å². The highest BCUT2D eigenvalue weighted by Crippen LogP contribution is 2.31. The Labute approximate surface area is 90.0 Å². The van der Waals surface area contributed by atoms with Gasteiger partial charge in [-0.15, -0.1) is 0 Å². The van der Waals surface area contributed by atoms with Crippen LogP contribution >= 0.6 is 31.9 Å². The Balaban J connectivity index is 4.01. The van der Waals surface area contributed by atoms with Gasteiger partial charge >= 0.3 is 5.97 Å². The molecule has 1 N–H and O–H groups in total. The first-order chi connectivity index (χ1) is 5.25. The Morgan fingerprint density at radius 2 is 1.83 bits per heavy atom. The van der Waals surface area contributed by atoms with Crippen molar-refractivity contribution in [1.82, 2.24) is 0 Å². The van der Waals surface area contributed by atoms with E-state index >= 15 is 0 Å². The summed E-state index contributed by atoms with van der Waals surface area (Å²) in [5, 5.41) is 8.63. The number of aliphatic carboxylic acids is 1. The Kier molecular flexibility index (Phi) is 4.77. The largest absolute Gasteiger partial charge is 0.480 e. The Morgan fingerprint density at radius 3 is 2.08 bits per heavy atom. The molecule has 0 saturated heterocycles. The van der Waals surface area contributed by atoms with Crippen LogP contribution in [0.4, 0.5) is 0 Å². The smallest absolute Gasteiger partial charge is 0.317 e. The zero-order valence-electron chi connectivity index (χ0n) is 7.47. The third kappa shape index (κ3) is 4.45. The van der Waals surface area contributed by atoms with E-state index in [0.29, 0.717) is 6.42 Å². The Hall–Kier alpha value is 0.430. The minimum Gasteiger partial charge on any atom is -0.480 e. The molecule has 12 heavy (non-hydrogen) atoms. The third-order valence-corrected chi connectivity index (χ3v) is 4.13. The van der Waals surface area contributed by atoms with Gasteiger partial charge in [-0.2, -0.15) is 0 Å². The second kappa shape index (κ2) is 4.61. The van der Waals surface area contributed by atoms with Gasteiger partial charge in [0.15, 0.2) is 0 Å². The summed E-state index contributed by atoms with van der Waals surface area (Å²) in [5.74, 6) is -0.802. The van der Waals surface area contributed by atoms with Crippen LogP contribution in [0.2, 0.25) is 0 Å². The molecule has 0 aliphatic rings. The quantitative estimate of drug-likeness (QED) is 0.814. The van der Waals surface area contributed by atoms with E-state index in [9.17, 15) is 4.79 Å². The van der Waals surface area contributed by atoms with Crippen LogP contribution in [-0.4, -0.2) is 20.7 Å². The molecule has 0 aromatic heterocycles. The van der Waals surface area contributed by atoms with Gasteiger partial charge in [0.25, 0.3) is 0 Å². The maximum Gasteiger partial charge on any atom is 0.317 e. The molecular formula is C8H14Br2O2. The number of halogens is 2. The molecule has 0 amide bonds. The molecule has 0 rings (SSSR count). The summed E-state index contributed by atoms with van der Waals surface area (Å²) in [6.45, 7) is 6.23. The van der Waals surface area contributed by atoms with E-state index in [0.717, 1.165) is 0 Å². The molecule has 0 aromatic carbocycles. The van der Waals surface area contributed by atoms with Crippen molar-refractivity contribution in [2.24, 2.45) is 5.41 Å². The normalized spacial score (nSPS) is 17.1. The van der Waals surface area contributed by atoms with Crippen LogP contribution in [0, 0.1) is 5.41 Å². The van der Waals surface area contributed by atoms with Crippen LogP contribution in [0.1, 0.15) is 27.2 Å². The molecule has 72 valence electrons. The summed E-state index contributed by atoms with van der Waals surface area (Å²) in [6, 6.07) is 0. The van der Waals surface area contributed by atoms with Crippen molar-refractivity contribution in [2.75, 3.05) is 0 Å². The van der Waals surface area contributed by atoms with Crippen LogP contribution in [0.5, 0.6) is 0 Å². The van der Waals surface area contributed by atoms with Crippen molar-refractivity contribution < 1.29 is 9.90 Å². The fourth-order valence-corrected chi connectivity index (χ4v) is 1.89. The van der Waals surface area contributed by atoms with E-state index in [4.69, 9.17) is 5.11 Å². The monoisotopic (exact) mass is 300 g/mol. The second-order valence-corrected chi connectivity index (χ2v) is 6.09. The van der Waals surface area contributed by atoms with Gasteiger partial charge in [0, 0.05) is 4.83 Å². The highest BCUT2D eigenvalue weighted by atomic mass is 79.9. The molecule has 0 bridgehead atoms. The van der Waals surface area contributed by atoms with Crippen molar-refractivity contribution in [3.05, 3.63) is 0 Å². The maximum atomic E-state index is 10.5. The van der Waals surface area contributed by atoms with E-state index in [1.807, 2.05) is 0 Å². The molecule has 0 fully saturated rings. The van der Waals surface area contributed by atoms with Gasteiger partial charge in [0.1, 0.15) is 4.83 Å². The van der Waals surface area contributed by atoms with Gasteiger partial charge in [0.2, 0.25) is 0 Å². The fourth-order valence-electron chi connectivity index (χ4n) is 0.636. The molecule has 2 atom stereocenters. The fraction of sp³-hybridized carbons (Fsp3) is 0.875. The zero-order chi connectivity index (χ0) is 9.94. The minimum absolute atomic E-state index is 0.0987. The van der Waals surface area contributed by atoms with E-state index in [1.165, 1.54) is 0 Å². The Bertz CT molecular complexity index is 163. The lowest BCUT2D eigenvalue weighted by atomic mass is 9.89. The van der Waals surface area contributed by atoms with Gasteiger partial charge in [-0.3, -0.25) is 4.79 Å². The summed E-state index contributed by atoms with van der Waals surface area (Å²) >= 11 is 6.58. The number of hydrogen-bond acceptors (Lipinski definition) is 1. The van der Waals surface area contributed by atoms with Crippen molar-refractivity contribution >= 4 is 37.8 Å². The van der Waals surface area contributed by atoms with E-state index in [2.05, 4.69) is 52.6 Å². The first-order valence-electron chi connectivity index (χ1n) is 3.76. The molecule has 0 heterocycles. The molecule has 0 aliphatic carbocycles. The molecular weight excluding hydrogens is 288 g/mol. The molecule has 0 spiro atoms. The highest BCUT2D eigenvalue weighted by Gasteiger charge is 2.26. The molecule has 0 radical (unpaired) electrons. The molecule has 2 unspecified atom stereocenters. The Morgan fingerprint density at radius 1 is 1.42 bits per heavy atom. The SMILES string of the molecule is CC(C)(C)C(Br)CC(Br)C(=O)O. The lowest BCUT2D eigenvalue weighted by Gasteiger charge is -2.26. The van der Waals surface area contributed by atoms with Crippen LogP contribution in [0.3, 0.4) is 0 Å². The van der Waals surface area contributed by atoms with Gasteiger partial charge in [-0.1, -0.05) is 52.6 Å². The van der Waals surface area contributed by atoms with Crippen LogP contribution in [0.15, 0.2) is 0 Å². The predicted octanol–water partition coefficient (Wildman–Crippen LogP) is 3.03. The average molecular weight is 302 g/mol. The summed E-state index contributed by atoms with van der Waals surface area (Å²) in [5.41, 5.74) is 0.0987. The predicted molar refractivity (Wildman–Crippen MR) is 57.1 cm³/mol. The summed E-state index contributed by atoms with van der Waals surface area (Å²) in [7, 11) is 0. The molecule has 0 saturated carbocycles. The number of hydrogen-bond donors (Lipinski definition) is 1. The maximum absolute atomic E-state index is 10.5. The third-order valence-electron chi connectivity index (χ3n) is 1.62. The highest BCUT2D eigenvalue weighted by molar-refractivity contribution is 9.10. The number of rotatable bonds is 3. The van der Waals surface area contributed by atoms with Gasteiger partial charge in [0.05, 0.1) is 0 Å². The van der Waals surface area contributed by atoms with Gasteiger partial charge in [-0.05, 0) is 11.8 Å². The molecule has 0 aromatic rings. The number of carbonyl (C=O) groups is 1. The molecule has 2 nitrogen and oxygen atoms in total. The lowest BCUT2D eigenvalue weighted by Crippen LogP contribution is -2.26. The lowest BCUT2D eigenvalue weighted by molar-refractivity contribution is -0.136. The van der Waals surface area contributed by atoms with Crippen molar-refractivity contribution in [3.63, 3.8) is 0 Å².